The van der Waals surface area contributed by atoms with Crippen molar-refractivity contribution in [1.29, 1.82) is 0 Å². The lowest BCUT2D eigenvalue weighted by atomic mass is 10.1. The number of morpholine rings is 1. The van der Waals surface area contributed by atoms with E-state index in [1.807, 2.05) is 19.2 Å². The number of amides is 1. The van der Waals surface area contributed by atoms with Crippen LogP contribution in [0.15, 0.2) is 42.6 Å². The number of rotatable bonds is 6. The van der Waals surface area contributed by atoms with Crippen molar-refractivity contribution in [3.05, 3.63) is 53.9 Å². The van der Waals surface area contributed by atoms with E-state index in [2.05, 4.69) is 39.6 Å². The number of aromatic nitrogens is 2. The minimum Gasteiger partial charge on any atom is -0.375 e. The first-order chi connectivity index (χ1) is 11.7. The van der Waals surface area contributed by atoms with Crippen LogP contribution in [0.25, 0.3) is 0 Å². The number of hydrogen-bond acceptors (Lipinski definition) is 4. The number of ether oxygens (including phenoxy) is 1. The van der Waals surface area contributed by atoms with Crippen molar-refractivity contribution in [3.63, 3.8) is 0 Å². The third-order valence-electron chi connectivity index (χ3n) is 4.27. The Morgan fingerprint density at radius 1 is 1.33 bits per heavy atom. The first-order valence-electron chi connectivity index (χ1n) is 8.32. The zero-order chi connectivity index (χ0) is 16.8. The lowest BCUT2D eigenvalue weighted by Crippen LogP contribution is -2.44. The zero-order valence-electron chi connectivity index (χ0n) is 14.0. The highest BCUT2D eigenvalue weighted by Gasteiger charge is 2.22. The molecule has 1 saturated heterocycles. The molecule has 1 amide bonds. The Bertz CT molecular complexity index is 656. The summed E-state index contributed by atoms with van der Waals surface area (Å²) < 4.78 is 7.52. The number of carbonyl (C=O) groups is 1. The molecule has 0 aliphatic carbocycles. The fraction of sp³-hybridized carbons (Fsp3) is 0.444. The SMILES string of the molecule is Cn1nccc1CNC(=O)C[C@@H]1CN(Cc2ccccc2)CCO1. The average molecular weight is 328 g/mol. The molecular formula is C18H24N4O2. The Labute approximate surface area is 142 Å². The molecule has 3 rings (SSSR count). The molecule has 0 unspecified atom stereocenters. The quantitative estimate of drug-likeness (QED) is 0.869. The second kappa shape index (κ2) is 8.08. The molecule has 2 heterocycles. The van der Waals surface area contributed by atoms with Crippen LogP contribution in [-0.2, 0) is 29.7 Å². The summed E-state index contributed by atoms with van der Waals surface area (Å²) in [5.74, 6) is 0.0164. The van der Waals surface area contributed by atoms with Crippen molar-refractivity contribution in [2.45, 2.75) is 25.6 Å². The molecule has 0 radical (unpaired) electrons. The number of carbonyl (C=O) groups excluding carboxylic acids is 1. The minimum absolute atomic E-state index is 0.0164. The van der Waals surface area contributed by atoms with E-state index < -0.39 is 0 Å². The van der Waals surface area contributed by atoms with Crippen LogP contribution >= 0.6 is 0 Å². The molecule has 1 aliphatic rings. The van der Waals surface area contributed by atoms with Crippen LogP contribution in [0.2, 0.25) is 0 Å². The van der Waals surface area contributed by atoms with Gasteiger partial charge in [-0.2, -0.15) is 5.10 Å². The first kappa shape index (κ1) is 16.7. The summed E-state index contributed by atoms with van der Waals surface area (Å²) >= 11 is 0. The maximum atomic E-state index is 12.1. The van der Waals surface area contributed by atoms with Crippen LogP contribution in [0.5, 0.6) is 0 Å². The molecule has 1 fully saturated rings. The van der Waals surface area contributed by atoms with Crippen LogP contribution in [-0.4, -0.2) is 46.4 Å². The second-order valence-electron chi connectivity index (χ2n) is 6.14. The molecule has 6 nitrogen and oxygen atoms in total. The molecule has 0 spiro atoms. The van der Waals surface area contributed by atoms with Crippen molar-refractivity contribution in [1.82, 2.24) is 20.0 Å². The van der Waals surface area contributed by atoms with Gasteiger partial charge in [-0.3, -0.25) is 14.4 Å². The Morgan fingerprint density at radius 2 is 2.17 bits per heavy atom. The van der Waals surface area contributed by atoms with Crippen molar-refractivity contribution >= 4 is 5.91 Å². The van der Waals surface area contributed by atoms with E-state index in [4.69, 9.17) is 4.74 Å². The highest BCUT2D eigenvalue weighted by molar-refractivity contribution is 5.76. The molecular weight excluding hydrogens is 304 g/mol. The molecule has 0 bridgehead atoms. The van der Waals surface area contributed by atoms with Gasteiger partial charge in [0.05, 0.1) is 31.4 Å². The predicted octanol–water partition coefficient (Wildman–Crippen LogP) is 1.33. The number of nitrogens with one attached hydrogen (secondary N) is 1. The normalized spacial score (nSPS) is 18.5. The zero-order valence-corrected chi connectivity index (χ0v) is 14.0. The third kappa shape index (κ3) is 4.66. The minimum atomic E-state index is -0.0472. The van der Waals surface area contributed by atoms with Gasteiger partial charge < -0.3 is 10.1 Å². The van der Waals surface area contributed by atoms with Crippen molar-refractivity contribution in [3.8, 4) is 0 Å². The molecule has 24 heavy (non-hydrogen) atoms. The maximum absolute atomic E-state index is 12.1. The summed E-state index contributed by atoms with van der Waals surface area (Å²) in [5, 5.41) is 7.03. The molecule has 1 aromatic carbocycles. The van der Waals surface area contributed by atoms with Crippen LogP contribution in [0.4, 0.5) is 0 Å². The van der Waals surface area contributed by atoms with Crippen molar-refractivity contribution in [2.75, 3.05) is 19.7 Å². The number of benzene rings is 1. The Kier molecular flexibility index (Phi) is 5.61. The first-order valence-corrected chi connectivity index (χ1v) is 8.32. The van der Waals surface area contributed by atoms with Gasteiger partial charge in [0.1, 0.15) is 0 Å². The maximum Gasteiger partial charge on any atom is 0.222 e. The molecule has 1 atom stereocenters. The van der Waals surface area contributed by atoms with E-state index in [1.54, 1.807) is 10.9 Å². The van der Waals surface area contributed by atoms with Gasteiger partial charge in [0, 0.05) is 32.9 Å². The molecule has 6 heteroatoms. The standard InChI is InChI=1S/C18H24N4O2/c1-21-16(7-8-20-21)12-19-18(23)11-17-14-22(9-10-24-17)13-15-5-3-2-4-6-15/h2-8,17H,9-14H2,1H3,(H,19,23)/t17-/m1/s1. The smallest absolute Gasteiger partial charge is 0.222 e. The van der Waals surface area contributed by atoms with Gasteiger partial charge in [-0.1, -0.05) is 30.3 Å². The fourth-order valence-electron chi connectivity index (χ4n) is 2.93. The van der Waals surface area contributed by atoms with E-state index in [0.29, 0.717) is 19.6 Å². The Morgan fingerprint density at radius 3 is 2.92 bits per heavy atom. The predicted molar refractivity (Wildman–Crippen MR) is 91.1 cm³/mol. The van der Waals surface area contributed by atoms with E-state index >= 15 is 0 Å². The van der Waals surface area contributed by atoms with E-state index in [1.165, 1.54) is 5.56 Å². The molecule has 1 aliphatic heterocycles. The summed E-state index contributed by atoms with van der Waals surface area (Å²) in [4.78, 5) is 14.5. The highest BCUT2D eigenvalue weighted by Crippen LogP contribution is 2.12. The second-order valence-corrected chi connectivity index (χ2v) is 6.14. The van der Waals surface area contributed by atoms with Gasteiger partial charge in [0.25, 0.3) is 0 Å². The fourth-order valence-corrected chi connectivity index (χ4v) is 2.93. The van der Waals surface area contributed by atoms with Crippen LogP contribution in [0.3, 0.4) is 0 Å². The lowest BCUT2D eigenvalue weighted by Gasteiger charge is -2.32. The molecule has 1 aromatic heterocycles. The lowest BCUT2D eigenvalue weighted by molar-refractivity contribution is -0.126. The Balaban J connectivity index is 1.44. The topological polar surface area (TPSA) is 59.4 Å². The summed E-state index contributed by atoms with van der Waals surface area (Å²) in [6, 6.07) is 12.3. The van der Waals surface area contributed by atoms with Gasteiger partial charge >= 0.3 is 0 Å². The number of nitrogens with zero attached hydrogens (tertiary/aromatic N) is 3. The van der Waals surface area contributed by atoms with Crippen molar-refractivity contribution in [2.24, 2.45) is 7.05 Å². The molecule has 2 aromatic rings. The molecule has 0 saturated carbocycles. The van der Waals surface area contributed by atoms with Crippen molar-refractivity contribution < 1.29 is 9.53 Å². The van der Waals surface area contributed by atoms with E-state index in [-0.39, 0.29) is 12.0 Å². The van der Waals surface area contributed by atoms with Gasteiger partial charge in [0.2, 0.25) is 5.91 Å². The highest BCUT2D eigenvalue weighted by atomic mass is 16.5. The van der Waals surface area contributed by atoms with Crippen LogP contribution in [0.1, 0.15) is 17.7 Å². The average Bonchev–Trinajstić information content (AvgIpc) is 2.99. The number of aryl methyl sites for hydroxylation is 1. The summed E-state index contributed by atoms with van der Waals surface area (Å²) in [7, 11) is 1.87. The number of hydrogen-bond donors (Lipinski definition) is 1. The van der Waals surface area contributed by atoms with E-state index in [9.17, 15) is 4.79 Å². The molecule has 128 valence electrons. The van der Waals surface area contributed by atoms with E-state index in [0.717, 1.165) is 25.3 Å². The van der Waals surface area contributed by atoms with Crippen LogP contribution < -0.4 is 5.32 Å². The van der Waals surface area contributed by atoms with Gasteiger partial charge in [0.15, 0.2) is 0 Å². The van der Waals surface area contributed by atoms with Gasteiger partial charge in [-0.25, -0.2) is 0 Å². The summed E-state index contributed by atoms with van der Waals surface area (Å²) in [6.07, 6.45) is 2.07. The molecule has 1 N–H and O–H groups in total. The summed E-state index contributed by atoms with van der Waals surface area (Å²) in [5.41, 5.74) is 2.28. The van der Waals surface area contributed by atoms with Gasteiger partial charge in [-0.15, -0.1) is 0 Å². The monoisotopic (exact) mass is 328 g/mol. The van der Waals surface area contributed by atoms with Crippen LogP contribution in [0, 0.1) is 0 Å². The Hall–Kier alpha value is -2.18. The summed E-state index contributed by atoms with van der Waals surface area (Å²) in [6.45, 7) is 3.76. The van der Waals surface area contributed by atoms with Gasteiger partial charge in [-0.05, 0) is 11.6 Å². The third-order valence-corrected chi connectivity index (χ3v) is 4.27. The largest absolute Gasteiger partial charge is 0.375 e.